The monoisotopic (exact) mass is 748 g/mol. The summed E-state index contributed by atoms with van der Waals surface area (Å²) < 4.78 is 31.9. The van der Waals surface area contributed by atoms with Crippen LogP contribution in [0.2, 0.25) is 0 Å². The molecular formula is C36H52N4O11S. The third kappa shape index (κ3) is 13.5. The number of esters is 1. The normalized spacial score (nSPS) is 15.4. The van der Waals surface area contributed by atoms with Crippen LogP contribution in [0, 0.1) is 0 Å². The number of aromatic nitrogens is 1. The summed E-state index contributed by atoms with van der Waals surface area (Å²) in [4.78, 5) is 70.8. The molecule has 3 atom stereocenters. The van der Waals surface area contributed by atoms with E-state index in [1.165, 1.54) is 30.4 Å². The van der Waals surface area contributed by atoms with Gasteiger partial charge >= 0.3 is 12.1 Å². The van der Waals surface area contributed by atoms with Crippen LogP contribution in [-0.2, 0) is 38.1 Å². The molecule has 0 unspecified atom stereocenters. The summed E-state index contributed by atoms with van der Waals surface area (Å²) in [6, 6.07) is 4.80. The highest BCUT2D eigenvalue weighted by Gasteiger charge is 2.36. The minimum Gasteiger partial charge on any atom is -0.491 e. The topological polar surface area (TPSA) is 172 Å². The fourth-order valence-corrected chi connectivity index (χ4v) is 5.98. The van der Waals surface area contributed by atoms with Crippen LogP contribution < -0.4 is 10.1 Å². The number of methoxy groups -OCH3 is 1. The second-order valence-electron chi connectivity index (χ2n) is 13.1. The molecule has 1 aromatic carbocycles. The lowest BCUT2D eigenvalue weighted by Gasteiger charge is -2.30. The van der Waals surface area contributed by atoms with Gasteiger partial charge in [0, 0.05) is 24.5 Å². The van der Waals surface area contributed by atoms with Gasteiger partial charge in [0.25, 0.3) is 0 Å². The minimum absolute atomic E-state index is 0.204. The predicted molar refractivity (Wildman–Crippen MR) is 191 cm³/mol. The van der Waals surface area contributed by atoms with Crippen LogP contribution in [0.15, 0.2) is 29.6 Å². The molecule has 0 aliphatic carbocycles. The van der Waals surface area contributed by atoms with E-state index in [9.17, 15) is 24.0 Å². The van der Waals surface area contributed by atoms with Crippen molar-refractivity contribution in [3.05, 3.63) is 45.9 Å². The van der Waals surface area contributed by atoms with Crippen molar-refractivity contribution in [3.63, 3.8) is 0 Å². The van der Waals surface area contributed by atoms with Gasteiger partial charge in [0.2, 0.25) is 17.6 Å². The Bertz CT molecular complexity index is 1490. The van der Waals surface area contributed by atoms with Crippen molar-refractivity contribution in [1.29, 1.82) is 0 Å². The fourth-order valence-electron chi connectivity index (χ4n) is 5.04. The van der Waals surface area contributed by atoms with E-state index in [0.717, 1.165) is 6.42 Å². The fraction of sp³-hybridized carbons (Fsp3) is 0.611. The van der Waals surface area contributed by atoms with E-state index in [4.69, 9.17) is 23.7 Å². The summed E-state index contributed by atoms with van der Waals surface area (Å²) in [5, 5.41) is 5.06. The van der Waals surface area contributed by atoms with Gasteiger partial charge in [0.05, 0.1) is 59.2 Å². The lowest BCUT2D eigenvalue weighted by molar-refractivity contribution is -0.142. The van der Waals surface area contributed by atoms with Gasteiger partial charge in [-0.25, -0.2) is 9.78 Å². The molecule has 0 radical (unpaired) electrons. The Labute approximate surface area is 309 Å². The number of thiazole rings is 1. The quantitative estimate of drug-likeness (QED) is 0.118. The summed E-state index contributed by atoms with van der Waals surface area (Å²) in [5.74, 6) is -0.826. The number of carbonyl (C=O) groups is 5. The molecule has 0 bridgehead atoms. The van der Waals surface area contributed by atoms with Crippen molar-refractivity contribution in [2.45, 2.75) is 77.6 Å². The number of hydrogen-bond donors (Lipinski definition) is 1. The number of likely N-dealkylation sites (N-methyl/N-ethyl adjacent to an activating group) is 1. The van der Waals surface area contributed by atoms with Gasteiger partial charge in [0.15, 0.2) is 0 Å². The number of nitrogens with one attached hydrogen (secondary N) is 1. The van der Waals surface area contributed by atoms with E-state index in [-0.39, 0.29) is 49.0 Å². The van der Waals surface area contributed by atoms with Crippen LogP contribution >= 0.6 is 11.3 Å². The maximum atomic E-state index is 13.5. The van der Waals surface area contributed by atoms with Crippen molar-refractivity contribution in [1.82, 2.24) is 20.1 Å². The van der Waals surface area contributed by atoms with E-state index < -0.39 is 29.7 Å². The van der Waals surface area contributed by atoms with Gasteiger partial charge in [-0.3, -0.25) is 24.1 Å². The maximum Gasteiger partial charge on any atom is 0.410 e. The van der Waals surface area contributed by atoms with Gasteiger partial charge in [-0.1, -0.05) is 12.1 Å². The third-order valence-electron chi connectivity index (χ3n) is 7.96. The molecule has 0 spiro atoms. The zero-order valence-corrected chi connectivity index (χ0v) is 32.0. The average Bonchev–Trinajstić information content (AvgIpc) is 3.80. The van der Waals surface area contributed by atoms with E-state index in [1.807, 2.05) is 0 Å². The molecule has 15 nitrogen and oxygen atoms in total. The first kappa shape index (κ1) is 42.3. The van der Waals surface area contributed by atoms with Gasteiger partial charge in [0.1, 0.15) is 40.7 Å². The van der Waals surface area contributed by atoms with Crippen LogP contribution in [-0.4, -0.2) is 129 Å². The lowest BCUT2D eigenvalue weighted by atomic mass is 10.1. The van der Waals surface area contributed by atoms with Crippen molar-refractivity contribution < 1.29 is 52.4 Å². The first-order valence-corrected chi connectivity index (χ1v) is 18.2. The zero-order chi connectivity index (χ0) is 38.3. The first-order chi connectivity index (χ1) is 24.7. The molecule has 1 saturated heterocycles. The molecule has 1 N–H and O–H groups in total. The third-order valence-corrected chi connectivity index (χ3v) is 8.91. The zero-order valence-electron chi connectivity index (χ0n) is 31.1. The summed E-state index contributed by atoms with van der Waals surface area (Å²) in [6.07, 6.45) is 0.994. The van der Waals surface area contributed by atoms with E-state index in [0.29, 0.717) is 62.3 Å². The van der Waals surface area contributed by atoms with E-state index >= 15 is 0 Å². The average molecular weight is 749 g/mol. The molecule has 2 heterocycles. The van der Waals surface area contributed by atoms with Gasteiger partial charge in [-0.05, 0) is 59.6 Å². The summed E-state index contributed by atoms with van der Waals surface area (Å²) in [7, 11) is 2.81. The van der Waals surface area contributed by atoms with Gasteiger partial charge in [-0.15, -0.1) is 11.3 Å². The number of ketones is 1. The summed E-state index contributed by atoms with van der Waals surface area (Å²) in [5.41, 5.74) is -0.0246. The molecule has 1 aliphatic heterocycles. The number of amides is 3. The Balaban J connectivity index is 1.44. The number of likely N-dealkylation sites (tertiary alicyclic amines) is 1. The van der Waals surface area contributed by atoms with Crippen molar-refractivity contribution in [2.24, 2.45) is 0 Å². The smallest absolute Gasteiger partial charge is 0.410 e. The highest BCUT2D eigenvalue weighted by atomic mass is 32.1. The first-order valence-electron chi connectivity index (χ1n) is 17.3. The Morgan fingerprint density at radius 2 is 1.65 bits per heavy atom. The second kappa shape index (κ2) is 20.8. The number of hydrogen-bond acceptors (Lipinski definition) is 13. The van der Waals surface area contributed by atoms with E-state index in [2.05, 4.69) is 15.0 Å². The molecule has 0 saturated carbocycles. The van der Waals surface area contributed by atoms with Crippen LogP contribution in [0.4, 0.5) is 4.79 Å². The van der Waals surface area contributed by atoms with Crippen LogP contribution in [0.5, 0.6) is 5.75 Å². The molecule has 3 amide bonds. The molecule has 3 rings (SSSR count). The van der Waals surface area contributed by atoms with Crippen molar-refractivity contribution in [3.8, 4) is 5.75 Å². The van der Waals surface area contributed by atoms with Gasteiger partial charge in [-0.2, -0.15) is 0 Å². The molecular weight excluding hydrogens is 696 g/mol. The van der Waals surface area contributed by atoms with Crippen LogP contribution in [0.25, 0.3) is 0 Å². The lowest BCUT2D eigenvalue weighted by Crippen LogP contribution is -2.53. The van der Waals surface area contributed by atoms with Crippen molar-refractivity contribution in [2.75, 3.05) is 67.0 Å². The molecule has 2 aromatic rings. The minimum atomic E-state index is -0.862. The highest BCUT2D eigenvalue weighted by Crippen LogP contribution is 2.34. The Hall–Kier alpha value is -4.12. The van der Waals surface area contributed by atoms with E-state index in [1.54, 1.807) is 69.2 Å². The number of rotatable bonds is 20. The van der Waals surface area contributed by atoms with Crippen LogP contribution in [0.1, 0.15) is 81.0 Å². The SMILES string of the molecule is COC(=O)CCOCCOCCOCCOc1cccc(C(=O)c2csc([C@@H]3CCCN3C(=O)[C@H](C)NC(=O)[C@H](C)N(C)C(=O)OC(C)(C)C)n2)c1. The Kier molecular flexibility index (Phi) is 16.9. The number of nitrogens with zero attached hydrogens (tertiary/aromatic N) is 3. The Morgan fingerprint density at radius 1 is 1.00 bits per heavy atom. The number of benzene rings is 1. The molecule has 1 aliphatic rings. The number of ether oxygens (including phenoxy) is 6. The molecule has 1 aromatic heterocycles. The predicted octanol–water partition coefficient (Wildman–Crippen LogP) is 3.79. The van der Waals surface area contributed by atoms with Crippen LogP contribution in [0.3, 0.4) is 0 Å². The second-order valence-corrected chi connectivity index (χ2v) is 14.0. The molecule has 52 heavy (non-hydrogen) atoms. The Morgan fingerprint density at radius 3 is 2.31 bits per heavy atom. The van der Waals surface area contributed by atoms with Gasteiger partial charge < -0.3 is 38.6 Å². The maximum absolute atomic E-state index is 13.5. The molecule has 1 fully saturated rings. The standard InChI is InChI=1S/C36H52N4O11S/c1-24(37-32(43)25(2)39(6)35(45)51-36(3,4)5)34(44)40-14-9-12-29(40)33-38-28(23-52-33)31(42)26-10-8-11-27(22-26)50-21-20-49-19-18-48-17-16-47-15-13-30(41)46-7/h8,10-11,22-25,29H,9,12-21H2,1-7H3,(H,37,43)/t24-,25-,29-/m0/s1. The molecule has 288 valence electrons. The number of carbonyl (C=O) groups excluding carboxylic acids is 5. The largest absolute Gasteiger partial charge is 0.491 e. The summed E-state index contributed by atoms with van der Waals surface area (Å²) >= 11 is 1.32. The highest BCUT2D eigenvalue weighted by molar-refractivity contribution is 7.10. The summed E-state index contributed by atoms with van der Waals surface area (Å²) in [6.45, 7) is 11.3. The molecule has 16 heteroatoms. The van der Waals surface area contributed by atoms with Crippen molar-refractivity contribution >= 4 is 41.0 Å².